The minimum Gasteiger partial charge on any atom is -0.457 e. The monoisotopic (exact) mass is 466 g/mol. The highest BCUT2D eigenvalue weighted by atomic mass is 16.7. The lowest BCUT2D eigenvalue weighted by molar-refractivity contribution is -0.183. The first-order valence-electron chi connectivity index (χ1n) is 10.5. The maximum absolute atomic E-state index is 13.6. The zero-order chi connectivity index (χ0) is 24.4. The molecule has 1 aromatic carbocycles. The van der Waals surface area contributed by atoms with E-state index in [9.17, 15) is 14.4 Å². The van der Waals surface area contributed by atoms with Crippen molar-refractivity contribution in [1.29, 1.82) is 5.26 Å². The number of rotatable bonds is 6. The van der Waals surface area contributed by atoms with Crippen LogP contribution in [0.3, 0.4) is 0 Å². The van der Waals surface area contributed by atoms with Crippen LogP contribution in [0.4, 0.5) is 5.95 Å². The van der Waals surface area contributed by atoms with Crippen molar-refractivity contribution in [3.05, 3.63) is 52.1 Å². The molecule has 0 unspecified atom stereocenters. The Morgan fingerprint density at radius 1 is 1.29 bits per heavy atom. The number of anilines is 1. The summed E-state index contributed by atoms with van der Waals surface area (Å²) in [6, 6.07) is 8.82. The summed E-state index contributed by atoms with van der Waals surface area (Å²) in [6.45, 7) is 3.03. The predicted molar refractivity (Wildman–Crippen MR) is 117 cm³/mol. The summed E-state index contributed by atoms with van der Waals surface area (Å²) >= 11 is 0. The first-order chi connectivity index (χ1) is 16.3. The molecule has 0 radical (unpaired) electrons. The highest BCUT2D eigenvalue weighted by Crippen LogP contribution is 2.33. The van der Waals surface area contributed by atoms with E-state index in [1.54, 1.807) is 31.2 Å². The van der Waals surface area contributed by atoms with Crippen molar-refractivity contribution in [2.45, 2.75) is 51.9 Å². The molecule has 2 N–H and O–H groups in total. The van der Waals surface area contributed by atoms with Gasteiger partial charge in [-0.15, -0.1) is 0 Å². The Morgan fingerprint density at radius 3 is 2.68 bits per heavy atom. The van der Waals surface area contributed by atoms with E-state index in [1.165, 1.54) is 22.3 Å². The number of aromatic nitrogens is 4. The molecule has 12 heteroatoms. The summed E-state index contributed by atoms with van der Waals surface area (Å²) in [5, 5.41) is 9.02. The van der Waals surface area contributed by atoms with Gasteiger partial charge >= 0.3 is 17.6 Å². The van der Waals surface area contributed by atoms with E-state index in [0.29, 0.717) is 11.1 Å². The van der Waals surface area contributed by atoms with Crippen LogP contribution in [0.1, 0.15) is 44.0 Å². The smallest absolute Gasteiger partial charge is 0.332 e. The summed E-state index contributed by atoms with van der Waals surface area (Å²) in [5.74, 6) is -1.13. The largest absolute Gasteiger partial charge is 0.457 e. The second-order valence-corrected chi connectivity index (χ2v) is 7.67. The van der Waals surface area contributed by atoms with Crippen molar-refractivity contribution in [3.8, 4) is 6.07 Å². The summed E-state index contributed by atoms with van der Waals surface area (Å²) in [4.78, 5) is 45.3. The maximum atomic E-state index is 13.6. The molecular formula is C22H22N6O6. The Labute approximate surface area is 193 Å². The molecule has 0 spiro atoms. The van der Waals surface area contributed by atoms with E-state index in [4.69, 9.17) is 25.2 Å². The lowest BCUT2D eigenvalue weighted by Crippen LogP contribution is -2.34. The fraction of sp³-hybridized carbons (Fsp3) is 0.364. The van der Waals surface area contributed by atoms with E-state index in [0.717, 1.165) is 5.56 Å². The first-order valence-corrected chi connectivity index (χ1v) is 10.5. The molecule has 176 valence electrons. The Kier molecular flexibility index (Phi) is 6.29. The molecule has 12 nitrogen and oxygen atoms in total. The number of ether oxygens (including phenoxy) is 3. The second-order valence-electron chi connectivity index (χ2n) is 7.67. The molecule has 1 aliphatic rings. The Balaban J connectivity index is 1.79. The molecule has 2 aromatic heterocycles. The summed E-state index contributed by atoms with van der Waals surface area (Å²) in [7, 11) is 0. The molecule has 1 aliphatic heterocycles. The topological polar surface area (TPSA) is 164 Å². The minimum absolute atomic E-state index is 0.0469. The van der Waals surface area contributed by atoms with Crippen molar-refractivity contribution in [3.63, 3.8) is 0 Å². The molecular weight excluding hydrogens is 444 g/mol. The van der Waals surface area contributed by atoms with Crippen LogP contribution in [0, 0.1) is 11.3 Å². The van der Waals surface area contributed by atoms with Crippen LogP contribution in [0.25, 0.3) is 11.2 Å². The van der Waals surface area contributed by atoms with Gasteiger partial charge in [0.05, 0.1) is 30.8 Å². The van der Waals surface area contributed by atoms with Gasteiger partial charge in [-0.1, -0.05) is 19.1 Å². The highest BCUT2D eigenvalue weighted by Gasteiger charge is 2.43. The maximum Gasteiger partial charge on any atom is 0.332 e. The number of nitrogens with zero attached hydrogens (tertiary/aromatic N) is 5. The third kappa shape index (κ3) is 4.46. The van der Waals surface area contributed by atoms with Crippen molar-refractivity contribution in [1.82, 2.24) is 19.1 Å². The summed E-state index contributed by atoms with van der Waals surface area (Å²) in [5.41, 5.74) is 7.08. The SMILES string of the molecule is CCC(=O)O[C@H]1C[C@@H](OC(C)=O)[C@H](n2c(=O)n(Cc3ccc(C#N)cc3)c3cnc(N)nc32)O1. The molecule has 3 aromatic rings. The summed E-state index contributed by atoms with van der Waals surface area (Å²) in [6.07, 6.45) is -1.42. The Morgan fingerprint density at radius 2 is 2.03 bits per heavy atom. The zero-order valence-corrected chi connectivity index (χ0v) is 18.5. The molecule has 34 heavy (non-hydrogen) atoms. The summed E-state index contributed by atoms with van der Waals surface area (Å²) < 4.78 is 19.1. The number of fused-ring (bicyclic) bond motifs is 1. The highest BCUT2D eigenvalue weighted by molar-refractivity contribution is 5.72. The van der Waals surface area contributed by atoms with Gasteiger partial charge in [0.2, 0.25) is 12.2 Å². The number of carbonyl (C=O) groups excluding carboxylic acids is 2. The van der Waals surface area contributed by atoms with Gasteiger partial charge in [0.1, 0.15) is 5.52 Å². The lowest BCUT2D eigenvalue weighted by atomic mass is 10.1. The number of nitrogens with two attached hydrogens (primary N) is 1. The zero-order valence-electron chi connectivity index (χ0n) is 18.5. The van der Waals surface area contributed by atoms with E-state index in [-0.39, 0.29) is 31.0 Å². The minimum atomic E-state index is -1.11. The van der Waals surface area contributed by atoms with Gasteiger partial charge in [0, 0.05) is 13.3 Å². The van der Waals surface area contributed by atoms with Gasteiger partial charge in [0.15, 0.2) is 18.0 Å². The normalized spacial score (nSPS) is 19.6. The molecule has 1 fully saturated rings. The number of nitrogen functional groups attached to an aromatic ring is 1. The van der Waals surface area contributed by atoms with Crippen LogP contribution >= 0.6 is 0 Å². The molecule has 3 heterocycles. The van der Waals surface area contributed by atoms with E-state index < -0.39 is 36.3 Å². The quantitative estimate of drug-likeness (QED) is 0.522. The van der Waals surface area contributed by atoms with Gasteiger partial charge in [-0.05, 0) is 17.7 Å². The van der Waals surface area contributed by atoms with Gasteiger partial charge in [-0.2, -0.15) is 10.2 Å². The first kappa shape index (κ1) is 22.9. The predicted octanol–water partition coefficient (Wildman–Crippen LogP) is 1.23. The van der Waals surface area contributed by atoms with E-state index in [2.05, 4.69) is 9.97 Å². The number of esters is 2. The fourth-order valence-electron chi connectivity index (χ4n) is 3.78. The van der Waals surface area contributed by atoms with Crippen LogP contribution in [0.2, 0.25) is 0 Å². The van der Waals surface area contributed by atoms with E-state index >= 15 is 0 Å². The van der Waals surface area contributed by atoms with Crippen LogP contribution in [0.15, 0.2) is 35.3 Å². The second kappa shape index (κ2) is 9.32. The van der Waals surface area contributed by atoms with Crippen molar-refractivity contribution >= 4 is 29.1 Å². The number of hydrogen-bond donors (Lipinski definition) is 1. The third-order valence-corrected chi connectivity index (χ3v) is 5.31. The van der Waals surface area contributed by atoms with Crippen molar-refractivity contribution in [2.24, 2.45) is 0 Å². The van der Waals surface area contributed by atoms with Crippen molar-refractivity contribution < 1.29 is 23.8 Å². The molecule has 4 rings (SSSR count). The molecule has 0 amide bonds. The van der Waals surface area contributed by atoms with Gasteiger partial charge in [0.25, 0.3) is 0 Å². The standard InChI is InChI=1S/C22H22N6O6/c1-3-17(30)33-18-8-16(32-12(2)29)20(34-18)28-19-15(10-25-21(24)26-19)27(22(28)31)11-14-6-4-13(9-23)5-7-14/h4-7,10,16,18,20H,3,8,11H2,1-2H3,(H2,24,25,26)/t16-,18-,20-/m1/s1. The third-order valence-electron chi connectivity index (χ3n) is 5.31. The number of hydrogen-bond acceptors (Lipinski definition) is 10. The fourth-order valence-corrected chi connectivity index (χ4v) is 3.78. The number of imidazole rings is 1. The van der Waals surface area contributed by atoms with Crippen LogP contribution in [-0.2, 0) is 30.3 Å². The Hall–Kier alpha value is -4.24. The number of carbonyl (C=O) groups is 2. The Bertz CT molecular complexity index is 1340. The van der Waals surface area contributed by atoms with Crippen LogP contribution in [0.5, 0.6) is 0 Å². The van der Waals surface area contributed by atoms with Crippen LogP contribution in [-0.4, -0.2) is 43.4 Å². The van der Waals surface area contributed by atoms with Gasteiger partial charge in [-0.25, -0.2) is 14.3 Å². The molecule has 0 aliphatic carbocycles. The van der Waals surface area contributed by atoms with Crippen LogP contribution < -0.4 is 11.4 Å². The van der Waals surface area contributed by atoms with Gasteiger partial charge < -0.3 is 19.9 Å². The average molecular weight is 466 g/mol. The average Bonchev–Trinajstić information content (AvgIpc) is 3.30. The van der Waals surface area contributed by atoms with E-state index in [1.807, 2.05) is 6.07 Å². The molecule has 3 atom stereocenters. The molecule has 0 saturated carbocycles. The molecule has 0 bridgehead atoms. The van der Waals surface area contributed by atoms with Gasteiger partial charge in [-0.3, -0.25) is 14.2 Å². The number of nitriles is 1. The number of benzene rings is 1. The van der Waals surface area contributed by atoms with Crippen molar-refractivity contribution in [2.75, 3.05) is 5.73 Å². The molecule has 1 saturated heterocycles. The lowest BCUT2D eigenvalue weighted by Gasteiger charge is -2.19.